The van der Waals surface area contributed by atoms with Crippen LogP contribution in [0.4, 0.5) is 0 Å². The van der Waals surface area contributed by atoms with Gasteiger partial charge in [0.05, 0.1) is 0 Å². The third-order valence-electron chi connectivity index (χ3n) is 2.07. The molecule has 0 bridgehead atoms. The average molecular weight is 247 g/mol. The first-order chi connectivity index (χ1) is 6.91. The Bertz CT molecular complexity index is 325. The van der Waals surface area contributed by atoms with Crippen LogP contribution in [0.5, 0.6) is 0 Å². The van der Waals surface area contributed by atoms with Gasteiger partial charge in [-0.15, -0.1) is 0 Å². The van der Waals surface area contributed by atoms with Gasteiger partial charge in [0, 0.05) is 12.0 Å². The number of rotatable bonds is 3. The van der Waals surface area contributed by atoms with Crippen LogP contribution in [0.1, 0.15) is 45.0 Å². The predicted molar refractivity (Wildman–Crippen MR) is 64.7 cm³/mol. The second-order valence-corrected chi connectivity index (χ2v) is 5.10. The zero-order chi connectivity index (χ0) is 11.6. The monoisotopic (exact) mass is 246 g/mol. The molecule has 0 aliphatic heterocycles. The van der Waals surface area contributed by atoms with Gasteiger partial charge in [0.15, 0.2) is 0 Å². The molecule has 1 aromatic rings. The summed E-state index contributed by atoms with van der Waals surface area (Å²) >= 11 is 12.2. The highest BCUT2D eigenvalue weighted by Crippen LogP contribution is 2.28. The molecule has 0 aromatic carbocycles. The fraction of sp³-hybridized carbons (Fsp3) is 0.636. The summed E-state index contributed by atoms with van der Waals surface area (Å²) in [6.07, 6.45) is 0.803. The third kappa shape index (κ3) is 3.32. The molecule has 1 heterocycles. The minimum atomic E-state index is 0.248. The van der Waals surface area contributed by atoms with E-state index >= 15 is 0 Å². The molecule has 15 heavy (non-hydrogen) atoms. The summed E-state index contributed by atoms with van der Waals surface area (Å²) in [6, 6.07) is 0. The minimum absolute atomic E-state index is 0.248. The number of aromatic nitrogens is 2. The van der Waals surface area contributed by atoms with Crippen LogP contribution < -0.4 is 0 Å². The Labute approximate surface area is 101 Å². The molecule has 0 radical (unpaired) electrons. The summed E-state index contributed by atoms with van der Waals surface area (Å²) in [6.45, 7) is 8.28. The molecule has 0 amide bonds. The van der Waals surface area contributed by atoms with Crippen molar-refractivity contribution < 1.29 is 0 Å². The van der Waals surface area contributed by atoms with E-state index in [-0.39, 0.29) is 5.92 Å². The SMILES string of the molecule is CC(C)Cc1nc(Cl)c(C(C)C)c(Cl)n1. The molecule has 0 aliphatic rings. The predicted octanol–water partition coefficient (Wildman–Crippen LogP) is 4.11. The van der Waals surface area contributed by atoms with E-state index in [1.807, 2.05) is 13.8 Å². The standard InChI is InChI=1S/C11H16Cl2N2/c1-6(2)5-8-14-10(12)9(7(3)4)11(13)15-8/h6-7H,5H2,1-4H3. The number of hydrogen-bond acceptors (Lipinski definition) is 2. The molecule has 84 valence electrons. The number of nitrogens with zero attached hydrogens (tertiary/aromatic N) is 2. The van der Waals surface area contributed by atoms with Gasteiger partial charge in [-0.1, -0.05) is 50.9 Å². The fourth-order valence-electron chi connectivity index (χ4n) is 1.39. The molecule has 0 atom stereocenters. The average Bonchev–Trinajstić information content (AvgIpc) is 1.99. The second-order valence-electron chi connectivity index (χ2n) is 4.39. The van der Waals surface area contributed by atoms with Crippen LogP contribution in [0.25, 0.3) is 0 Å². The Morgan fingerprint density at radius 3 is 1.80 bits per heavy atom. The topological polar surface area (TPSA) is 25.8 Å². The number of hydrogen-bond donors (Lipinski definition) is 0. The van der Waals surface area contributed by atoms with E-state index in [9.17, 15) is 0 Å². The summed E-state index contributed by atoms with van der Waals surface area (Å²) in [4.78, 5) is 8.53. The molecule has 0 unspecified atom stereocenters. The van der Waals surface area contributed by atoms with Gasteiger partial charge < -0.3 is 0 Å². The lowest BCUT2D eigenvalue weighted by Crippen LogP contribution is -2.05. The molecular formula is C11H16Cl2N2. The molecule has 0 saturated carbocycles. The van der Waals surface area contributed by atoms with E-state index in [2.05, 4.69) is 23.8 Å². The van der Waals surface area contributed by atoms with E-state index in [0.717, 1.165) is 17.8 Å². The van der Waals surface area contributed by atoms with Crippen LogP contribution in [0.3, 0.4) is 0 Å². The summed E-state index contributed by atoms with van der Waals surface area (Å²) < 4.78 is 0. The zero-order valence-electron chi connectivity index (χ0n) is 9.51. The molecule has 4 heteroatoms. The van der Waals surface area contributed by atoms with Gasteiger partial charge in [0.1, 0.15) is 16.1 Å². The Kier molecular flexibility index (Phi) is 4.35. The van der Waals surface area contributed by atoms with Crippen LogP contribution in [0.15, 0.2) is 0 Å². The lowest BCUT2D eigenvalue weighted by molar-refractivity contribution is 0.618. The van der Waals surface area contributed by atoms with Crippen molar-refractivity contribution in [2.24, 2.45) is 5.92 Å². The van der Waals surface area contributed by atoms with E-state index in [1.54, 1.807) is 0 Å². The maximum atomic E-state index is 6.08. The molecule has 2 nitrogen and oxygen atoms in total. The normalized spacial score (nSPS) is 11.5. The van der Waals surface area contributed by atoms with Crippen molar-refractivity contribution in [2.45, 2.75) is 40.0 Å². The first kappa shape index (κ1) is 12.7. The van der Waals surface area contributed by atoms with Crippen molar-refractivity contribution in [3.8, 4) is 0 Å². The van der Waals surface area contributed by atoms with Crippen molar-refractivity contribution in [3.05, 3.63) is 21.7 Å². The van der Waals surface area contributed by atoms with E-state index < -0.39 is 0 Å². The quantitative estimate of drug-likeness (QED) is 0.751. The smallest absolute Gasteiger partial charge is 0.137 e. The van der Waals surface area contributed by atoms with Crippen molar-refractivity contribution in [3.63, 3.8) is 0 Å². The van der Waals surface area contributed by atoms with E-state index in [4.69, 9.17) is 23.2 Å². The van der Waals surface area contributed by atoms with Crippen molar-refractivity contribution >= 4 is 23.2 Å². The Balaban J connectivity index is 3.08. The van der Waals surface area contributed by atoms with Gasteiger partial charge in [-0.25, -0.2) is 9.97 Å². The second kappa shape index (κ2) is 5.13. The molecule has 0 N–H and O–H groups in total. The van der Waals surface area contributed by atoms with Crippen LogP contribution >= 0.6 is 23.2 Å². The Hall–Kier alpha value is -0.340. The zero-order valence-corrected chi connectivity index (χ0v) is 11.0. The van der Waals surface area contributed by atoms with Gasteiger partial charge in [-0.2, -0.15) is 0 Å². The molecule has 0 saturated heterocycles. The highest BCUT2D eigenvalue weighted by atomic mass is 35.5. The van der Waals surface area contributed by atoms with Gasteiger partial charge in [-0.3, -0.25) is 0 Å². The minimum Gasteiger partial charge on any atom is -0.221 e. The first-order valence-corrected chi connectivity index (χ1v) is 5.89. The van der Waals surface area contributed by atoms with Crippen LogP contribution in [0.2, 0.25) is 10.3 Å². The summed E-state index contributed by atoms with van der Waals surface area (Å²) in [5.74, 6) is 1.48. The van der Waals surface area contributed by atoms with Gasteiger partial charge in [0.2, 0.25) is 0 Å². The van der Waals surface area contributed by atoms with E-state index in [0.29, 0.717) is 16.2 Å². The lowest BCUT2D eigenvalue weighted by atomic mass is 10.1. The summed E-state index contributed by atoms with van der Waals surface area (Å²) in [5, 5.41) is 0.973. The molecular weight excluding hydrogens is 231 g/mol. The third-order valence-corrected chi connectivity index (χ3v) is 2.64. The van der Waals surface area contributed by atoms with Crippen LogP contribution in [-0.4, -0.2) is 9.97 Å². The summed E-state index contributed by atoms with van der Waals surface area (Å²) in [7, 11) is 0. The number of halogens is 2. The largest absolute Gasteiger partial charge is 0.221 e. The first-order valence-electron chi connectivity index (χ1n) is 5.13. The summed E-state index contributed by atoms with van der Waals surface area (Å²) in [5.41, 5.74) is 0.839. The maximum absolute atomic E-state index is 6.08. The van der Waals surface area contributed by atoms with Gasteiger partial charge in [0.25, 0.3) is 0 Å². The van der Waals surface area contributed by atoms with Gasteiger partial charge >= 0.3 is 0 Å². The Morgan fingerprint density at radius 2 is 1.47 bits per heavy atom. The Morgan fingerprint density at radius 1 is 1.00 bits per heavy atom. The molecule has 1 rings (SSSR count). The maximum Gasteiger partial charge on any atom is 0.137 e. The van der Waals surface area contributed by atoms with Crippen molar-refractivity contribution in [1.29, 1.82) is 0 Å². The van der Waals surface area contributed by atoms with E-state index in [1.165, 1.54) is 0 Å². The van der Waals surface area contributed by atoms with Crippen LogP contribution in [-0.2, 0) is 6.42 Å². The van der Waals surface area contributed by atoms with Crippen LogP contribution in [0, 0.1) is 5.92 Å². The molecule has 0 aliphatic carbocycles. The van der Waals surface area contributed by atoms with Gasteiger partial charge in [-0.05, 0) is 11.8 Å². The van der Waals surface area contributed by atoms with Crippen molar-refractivity contribution in [2.75, 3.05) is 0 Å². The van der Waals surface area contributed by atoms with Crippen molar-refractivity contribution in [1.82, 2.24) is 9.97 Å². The lowest BCUT2D eigenvalue weighted by Gasteiger charge is -2.11. The highest BCUT2D eigenvalue weighted by Gasteiger charge is 2.14. The fourth-order valence-corrected chi connectivity index (χ4v) is 2.25. The molecule has 0 fully saturated rings. The molecule has 1 aromatic heterocycles. The molecule has 0 spiro atoms. The highest BCUT2D eigenvalue weighted by molar-refractivity contribution is 6.34.